The van der Waals surface area contributed by atoms with Gasteiger partial charge in [-0.2, -0.15) is 10.2 Å². The topological polar surface area (TPSA) is 80.9 Å². The first kappa shape index (κ1) is 20.0. The van der Waals surface area contributed by atoms with Gasteiger partial charge in [0.2, 0.25) is 0 Å². The summed E-state index contributed by atoms with van der Waals surface area (Å²) >= 11 is 0. The van der Waals surface area contributed by atoms with Crippen LogP contribution in [0.1, 0.15) is 25.5 Å². The zero-order chi connectivity index (χ0) is 22.6. The summed E-state index contributed by atoms with van der Waals surface area (Å²) in [6.07, 6.45) is 5.74. The molecule has 5 heterocycles. The maximum atomic E-state index is 12.4. The van der Waals surface area contributed by atoms with E-state index in [2.05, 4.69) is 45.4 Å². The van der Waals surface area contributed by atoms with E-state index in [9.17, 15) is 4.79 Å². The summed E-state index contributed by atoms with van der Waals surface area (Å²) in [4.78, 5) is 19.0. The second-order valence-electron chi connectivity index (χ2n) is 9.15. The summed E-state index contributed by atoms with van der Waals surface area (Å²) < 4.78 is 4.01. The maximum Gasteiger partial charge on any atom is 0.317 e. The Morgan fingerprint density at radius 2 is 1.97 bits per heavy atom. The molecule has 1 N–H and O–H groups in total. The van der Waals surface area contributed by atoms with Gasteiger partial charge in [-0.15, -0.1) is 0 Å². The molecule has 8 heteroatoms. The van der Waals surface area contributed by atoms with Crippen LogP contribution in [0.25, 0.3) is 33.4 Å². The van der Waals surface area contributed by atoms with Gasteiger partial charge >= 0.3 is 6.03 Å². The van der Waals surface area contributed by atoms with Crippen LogP contribution in [0.5, 0.6) is 0 Å². The highest BCUT2D eigenvalue weighted by molar-refractivity contribution is 5.87. The van der Waals surface area contributed by atoms with Gasteiger partial charge in [-0.3, -0.25) is 14.3 Å². The quantitative estimate of drug-likeness (QED) is 0.527. The van der Waals surface area contributed by atoms with Crippen molar-refractivity contribution < 1.29 is 4.79 Å². The summed E-state index contributed by atoms with van der Waals surface area (Å²) in [6.45, 7) is 5.05. The third-order valence-electron chi connectivity index (χ3n) is 7.19. The largest absolute Gasteiger partial charge is 0.338 e. The number of hydrogen-bond acceptors (Lipinski definition) is 4. The van der Waals surface area contributed by atoms with E-state index in [0.717, 1.165) is 65.9 Å². The van der Waals surface area contributed by atoms with Crippen LogP contribution in [0, 0.1) is 0 Å². The molecule has 1 spiro atoms. The van der Waals surface area contributed by atoms with Crippen molar-refractivity contribution in [3.05, 3.63) is 54.5 Å². The highest BCUT2D eigenvalue weighted by Gasteiger charge is 2.46. The molecule has 0 bridgehead atoms. The van der Waals surface area contributed by atoms with Crippen molar-refractivity contribution in [1.82, 2.24) is 34.8 Å². The Hall–Kier alpha value is -3.68. The normalized spacial score (nSPS) is 19.5. The number of rotatable bonds is 3. The lowest BCUT2D eigenvalue weighted by Crippen LogP contribution is -2.40. The van der Waals surface area contributed by atoms with Gasteiger partial charge in [-0.05, 0) is 50.1 Å². The molecule has 0 radical (unpaired) electrons. The zero-order valence-corrected chi connectivity index (χ0v) is 19.0. The first-order valence-electron chi connectivity index (χ1n) is 11.6. The number of benzene rings is 1. The third kappa shape index (κ3) is 3.20. The fraction of sp³-hybridized carbons (Fsp3) is 0.360. The second-order valence-corrected chi connectivity index (χ2v) is 9.15. The number of nitrogens with zero attached hydrogens (tertiary/aromatic N) is 6. The van der Waals surface area contributed by atoms with Crippen LogP contribution in [0.2, 0.25) is 0 Å². The van der Waals surface area contributed by atoms with Crippen molar-refractivity contribution in [2.24, 2.45) is 7.05 Å². The number of hydrogen-bond donors (Lipinski definition) is 1. The van der Waals surface area contributed by atoms with Gasteiger partial charge in [0.15, 0.2) is 0 Å². The number of amides is 2. The number of aromatic nitrogens is 5. The lowest BCUT2D eigenvalue weighted by molar-refractivity contribution is 0.206. The SMILES string of the molecule is CCNC(=O)N1CCC2(CCn3nc(-c4cnc5ccc(-c6ccnn6C)cc5c4)cc32)C1. The van der Waals surface area contributed by atoms with Crippen LogP contribution >= 0.6 is 0 Å². The van der Waals surface area contributed by atoms with Gasteiger partial charge in [0.1, 0.15) is 0 Å². The molecular weight excluding hydrogens is 414 g/mol. The Labute approximate surface area is 192 Å². The predicted molar refractivity (Wildman–Crippen MR) is 127 cm³/mol. The van der Waals surface area contributed by atoms with Crippen LogP contribution < -0.4 is 5.32 Å². The van der Waals surface area contributed by atoms with Gasteiger partial charge in [0, 0.05) is 73.2 Å². The number of urea groups is 1. The van der Waals surface area contributed by atoms with Crippen molar-refractivity contribution >= 4 is 16.9 Å². The molecule has 0 saturated carbocycles. The smallest absolute Gasteiger partial charge is 0.317 e. The molecule has 1 atom stereocenters. The number of pyridine rings is 1. The van der Waals surface area contributed by atoms with E-state index in [-0.39, 0.29) is 11.4 Å². The fourth-order valence-corrected chi connectivity index (χ4v) is 5.41. The molecular formula is C25H27N7O. The number of aryl methyl sites for hydroxylation is 2. The van der Waals surface area contributed by atoms with Crippen molar-refractivity contribution in [3.63, 3.8) is 0 Å². The Kier molecular flexibility index (Phi) is 4.50. The molecule has 2 aliphatic heterocycles. The first-order chi connectivity index (χ1) is 16.1. The van der Waals surface area contributed by atoms with Crippen LogP contribution in [-0.4, -0.2) is 55.1 Å². The Bertz CT molecular complexity index is 1370. The molecule has 8 nitrogen and oxygen atoms in total. The molecule has 1 aromatic carbocycles. The monoisotopic (exact) mass is 441 g/mol. The third-order valence-corrected chi connectivity index (χ3v) is 7.19. The minimum absolute atomic E-state index is 0.00725. The van der Waals surface area contributed by atoms with Gasteiger partial charge in [-0.1, -0.05) is 6.07 Å². The number of likely N-dealkylation sites (tertiary alicyclic amines) is 1. The lowest BCUT2D eigenvalue weighted by Gasteiger charge is -2.23. The van der Waals surface area contributed by atoms with Crippen LogP contribution in [0.15, 0.2) is 48.8 Å². The number of nitrogens with one attached hydrogen (secondary N) is 1. The summed E-state index contributed by atoms with van der Waals surface area (Å²) in [7, 11) is 1.95. The standard InChI is InChI=1S/C25H27N7O/c1-3-26-24(33)31-10-7-25(16-31)8-11-32-23(25)14-21(29-32)19-13-18-12-17(4-5-20(18)27-15-19)22-6-9-28-30(22)2/h4-6,9,12-15H,3,7-8,10-11,16H2,1-2H3,(H,26,33). The summed E-state index contributed by atoms with van der Waals surface area (Å²) in [5.41, 5.74) is 6.36. The van der Waals surface area contributed by atoms with Crippen LogP contribution in [0.3, 0.4) is 0 Å². The molecule has 168 valence electrons. The van der Waals surface area contributed by atoms with Crippen LogP contribution in [-0.2, 0) is 19.0 Å². The Morgan fingerprint density at radius 1 is 1.12 bits per heavy atom. The molecule has 1 fully saturated rings. The average Bonchev–Trinajstić information content (AvgIpc) is 3.59. The molecule has 1 unspecified atom stereocenters. The minimum Gasteiger partial charge on any atom is -0.338 e. The van der Waals surface area contributed by atoms with E-state index >= 15 is 0 Å². The predicted octanol–water partition coefficient (Wildman–Crippen LogP) is 3.58. The van der Waals surface area contributed by atoms with Crippen molar-refractivity contribution in [2.75, 3.05) is 19.6 Å². The highest BCUT2D eigenvalue weighted by Crippen LogP contribution is 2.43. The molecule has 6 rings (SSSR count). The lowest BCUT2D eigenvalue weighted by atomic mass is 9.82. The zero-order valence-electron chi connectivity index (χ0n) is 19.0. The van der Waals surface area contributed by atoms with Crippen molar-refractivity contribution in [2.45, 2.75) is 31.7 Å². The minimum atomic E-state index is 0.00725. The van der Waals surface area contributed by atoms with E-state index in [1.54, 1.807) is 0 Å². The van der Waals surface area contributed by atoms with Crippen molar-refractivity contribution in [3.8, 4) is 22.5 Å². The van der Waals surface area contributed by atoms with E-state index in [0.29, 0.717) is 6.54 Å². The maximum absolute atomic E-state index is 12.4. The molecule has 1 saturated heterocycles. The highest BCUT2D eigenvalue weighted by atomic mass is 16.2. The average molecular weight is 442 g/mol. The molecule has 2 aliphatic rings. The van der Waals surface area contributed by atoms with Gasteiger partial charge in [0.05, 0.1) is 16.9 Å². The Balaban J connectivity index is 1.33. The number of carbonyl (C=O) groups is 1. The van der Waals surface area contributed by atoms with E-state index in [1.807, 2.05) is 42.0 Å². The molecule has 33 heavy (non-hydrogen) atoms. The van der Waals surface area contributed by atoms with Crippen molar-refractivity contribution in [1.29, 1.82) is 0 Å². The summed E-state index contributed by atoms with van der Waals surface area (Å²) in [5, 5.41) is 13.2. The molecule has 0 aliphatic carbocycles. The fourth-order valence-electron chi connectivity index (χ4n) is 5.41. The number of fused-ring (bicyclic) bond motifs is 3. The van der Waals surface area contributed by atoms with Gasteiger partial charge in [-0.25, -0.2) is 4.79 Å². The van der Waals surface area contributed by atoms with Gasteiger partial charge < -0.3 is 10.2 Å². The van der Waals surface area contributed by atoms with Gasteiger partial charge in [0.25, 0.3) is 0 Å². The Morgan fingerprint density at radius 3 is 2.79 bits per heavy atom. The summed E-state index contributed by atoms with van der Waals surface area (Å²) in [6, 6.07) is 12.7. The second kappa shape index (κ2) is 7.43. The molecule has 4 aromatic rings. The van der Waals surface area contributed by atoms with E-state index in [4.69, 9.17) is 10.1 Å². The molecule has 3 aromatic heterocycles. The molecule has 2 amide bonds. The van der Waals surface area contributed by atoms with E-state index in [1.165, 1.54) is 5.69 Å². The first-order valence-corrected chi connectivity index (χ1v) is 11.6. The summed E-state index contributed by atoms with van der Waals surface area (Å²) in [5.74, 6) is 0. The van der Waals surface area contributed by atoms with E-state index < -0.39 is 0 Å². The van der Waals surface area contributed by atoms with Crippen LogP contribution in [0.4, 0.5) is 4.79 Å². The number of carbonyl (C=O) groups excluding carboxylic acids is 1.